The van der Waals surface area contributed by atoms with Crippen molar-refractivity contribution in [2.24, 2.45) is 10.7 Å². The van der Waals surface area contributed by atoms with E-state index in [0.717, 1.165) is 37.5 Å². The lowest BCUT2D eigenvalue weighted by Crippen LogP contribution is -2.44. The third kappa shape index (κ3) is 6.38. The van der Waals surface area contributed by atoms with E-state index in [-0.39, 0.29) is 6.61 Å². The number of nitrogens with two attached hydrogens (primary N) is 1. The van der Waals surface area contributed by atoms with Gasteiger partial charge in [-0.15, -0.1) is 0 Å². The third-order valence-corrected chi connectivity index (χ3v) is 4.82. The molecule has 0 radical (unpaired) electrons. The molecule has 29 heavy (non-hydrogen) atoms. The van der Waals surface area contributed by atoms with E-state index in [1.54, 1.807) is 0 Å². The van der Waals surface area contributed by atoms with Gasteiger partial charge in [0.05, 0.1) is 0 Å². The number of hydrogen-bond acceptors (Lipinski definition) is 3. The van der Waals surface area contributed by atoms with Crippen molar-refractivity contribution in [2.75, 3.05) is 26.7 Å². The van der Waals surface area contributed by atoms with Crippen LogP contribution in [-0.4, -0.2) is 43.5 Å². The van der Waals surface area contributed by atoms with Crippen LogP contribution in [0.4, 0.5) is 0 Å². The molecule has 0 spiro atoms. The van der Waals surface area contributed by atoms with Crippen molar-refractivity contribution in [3.63, 3.8) is 0 Å². The quantitative estimate of drug-likeness (QED) is 0.585. The second-order valence-electron chi connectivity index (χ2n) is 7.00. The minimum Gasteiger partial charge on any atom is -0.484 e. The van der Waals surface area contributed by atoms with Crippen LogP contribution in [0.15, 0.2) is 65.2 Å². The number of rotatable bonds is 6. The monoisotopic (exact) mass is 392 g/mol. The number of ether oxygens (including phenoxy) is 1. The van der Waals surface area contributed by atoms with Crippen LogP contribution < -0.4 is 15.8 Å². The number of aliphatic imine (C=N–C) groups is 1. The van der Waals surface area contributed by atoms with Gasteiger partial charge < -0.3 is 20.7 Å². The van der Waals surface area contributed by atoms with Crippen LogP contribution in [-0.2, 0) is 11.3 Å². The van der Waals surface area contributed by atoms with Gasteiger partial charge in [0.15, 0.2) is 12.6 Å². The molecule has 0 aromatic heterocycles. The lowest BCUT2D eigenvalue weighted by Gasteiger charge is -2.31. The summed E-state index contributed by atoms with van der Waals surface area (Å²) in [7, 11) is 1.81. The van der Waals surface area contributed by atoms with Crippen molar-refractivity contribution in [1.82, 2.24) is 10.2 Å². The molecule has 1 fully saturated rings. The molecule has 1 aliphatic heterocycles. The van der Waals surface area contributed by atoms with Crippen molar-refractivity contribution < 1.29 is 9.53 Å². The molecule has 152 valence electrons. The summed E-state index contributed by atoms with van der Waals surface area (Å²) in [6.07, 6.45) is 4.36. The summed E-state index contributed by atoms with van der Waals surface area (Å²) in [4.78, 5) is 17.6. The molecular weight excluding hydrogens is 364 g/mol. The van der Waals surface area contributed by atoms with E-state index in [2.05, 4.69) is 45.6 Å². The Kier molecular flexibility index (Phi) is 7.28. The molecule has 0 saturated carbocycles. The maximum absolute atomic E-state index is 10.9. The smallest absolute Gasteiger partial charge is 0.255 e. The van der Waals surface area contributed by atoms with Gasteiger partial charge in [-0.2, -0.15) is 0 Å². The van der Waals surface area contributed by atoms with Gasteiger partial charge in [-0.05, 0) is 36.1 Å². The molecule has 6 nitrogen and oxygen atoms in total. The zero-order valence-corrected chi connectivity index (χ0v) is 16.8. The summed E-state index contributed by atoms with van der Waals surface area (Å²) in [6, 6.07) is 18.1. The Morgan fingerprint density at radius 2 is 1.93 bits per heavy atom. The van der Waals surface area contributed by atoms with Crippen LogP contribution in [0.2, 0.25) is 0 Å². The number of piperidine rings is 1. The standard InChI is InChI=1S/C23H28N4O2/c1-25-23(26-16-20-8-5-9-21(15-20)29-17-22(24)28)27-12-10-19(11-13-27)14-18-6-3-2-4-7-18/h2-9,14-15H,10-13,16-17H2,1H3,(H2,24,28)(H,25,26). The van der Waals surface area contributed by atoms with Crippen molar-refractivity contribution in [2.45, 2.75) is 19.4 Å². The number of primary amides is 1. The predicted molar refractivity (Wildman–Crippen MR) is 117 cm³/mol. The van der Waals surface area contributed by atoms with Crippen LogP contribution >= 0.6 is 0 Å². The molecule has 0 aliphatic carbocycles. The van der Waals surface area contributed by atoms with Gasteiger partial charge in [-0.3, -0.25) is 9.79 Å². The van der Waals surface area contributed by atoms with E-state index >= 15 is 0 Å². The maximum Gasteiger partial charge on any atom is 0.255 e. The zero-order valence-electron chi connectivity index (χ0n) is 16.8. The first-order chi connectivity index (χ1) is 14.1. The van der Waals surface area contributed by atoms with E-state index in [1.165, 1.54) is 11.1 Å². The van der Waals surface area contributed by atoms with Crippen molar-refractivity contribution in [1.29, 1.82) is 0 Å². The van der Waals surface area contributed by atoms with Gasteiger partial charge in [-0.1, -0.05) is 54.1 Å². The third-order valence-electron chi connectivity index (χ3n) is 4.82. The van der Waals surface area contributed by atoms with Gasteiger partial charge in [0.2, 0.25) is 0 Å². The zero-order chi connectivity index (χ0) is 20.5. The minimum absolute atomic E-state index is 0.120. The van der Waals surface area contributed by atoms with Crippen molar-refractivity contribution in [3.8, 4) is 5.75 Å². The molecule has 1 saturated heterocycles. The Morgan fingerprint density at radius 1 is 1.17 bits per heavy atom. The number of amides is 1. The summed E-state index contributed by atoms with van der Waals surface area (Å²) >= 11 is 0. The van der Waals surface area contributed by atoms with E-state index in [1.807, 2.05) is 37.4 Å². The summed E-state index contributed by atoms with van der Waals surface area (Å²) < 4.78 is 5.37. The number of nitrogens with one attached hydrogen (secondary N) is 1. The van der Waals surface area contributed by atoms with Gasteiger partial charge in [0.25, 0.3) is 5.91 Å². The number of hydrogen-bond donors (Lipinski definition) is 2. The molecule has 0 atom stereocenters. The van der Waals surface area contributed by atoms with Gasteiger partial charge in [0.1, 0.15) is 5.75 Å². The number of carbonyl (C=O) groups excluding carboxylic acids is 1. The first-order valence-corrected chi connectivity index (χ1v) is 9.84. The Bertz CT molecular complexity index is 867. The van der Waals surface area contributed by atoms with E-state index < -0.39 is 5.91 Å². The SMILES string of the molecule is CN=C(NCc1cccc(OCC(N)=O)c1)N1CCC(=Cc2ccccc2)CC1. The van der Waals surface area contributed by atoms with Crippen molar-refractivity contribution in [3.05, 3.63) is 71.3 Å². The van der Waals surface area contributed by atoms with Crippen molar-refractivity contribution >= 4 is 17.9 Å². The Morgan fingerprint density at radius 3 is 2.62 bits per heavy atom. The summed E-state index contributed by atoms with van der Waals surface area (Å²) in [5, 5.41) is 3.42. The van der Waals surface area contributed by atoms with E-state index in [9.17, 15) is 4.79 Å². The summed E-state index contributed by atoms with van der Waals surface area (Å²) in [6.45, 7) is 2.40. The largest absolute Gasteiger partial charge is 0.484 e. The fraction of sp³-hybridized carbons (Fsp3) is 0.304. The number of nitrogens with zero attached hydrogens (tertiary/aromatic N) is 2. The molecule has 6 heteroatoms. The lowest BCUT2D eigenvalue weighted by molar-refractivity contribution is -0.119. The highest BCUT2D eigenvalue weighted by Gasteiger charge is 2.17. The second kappa shape index (κ2) is 10.3. The van der Waals surface area contributed by atoms with Gasteiger partial charge in [-0.25, -0.2) is 0 Å². The summed E-state index contributed by atoms with van der Waals surface area (Å²) in [5.41, 5.74) is 8.91. The highest BCUT2D eigenvalue weighted by molar-refractivity contribution is 5.80. The van der Waals surface area contributed by atoms with E-state index in [4.69, 9.17) is 10.5 Å². The van der Waals surface area contributed by atoms with Gasteiger partial charge in [0, 0.05) is 26.7 Å². The minimum atomic E-state index is -0.486. The average molecular weight is 393 g/mol. The molecule has 0 bridgehead atoms. The lowest BCUT2D eigenvalue weighted by atomic mass is 10.0. The molecule has 2 aromatic carbocycles. The topological polar surface area (TPSA) is 80.0 Å². The van der Waals surface area contributed by atoms with Crippen LogP contribution in [0.3, 0.4) is 0 Å². The Balaban J connectivity index is 1.52. The normalized spacial score (nSPS) is 14.4. The number of guanidine groups is 1. The Labute approximate surface area is 172 Å². The first kappa shape index (κ1) is 20.5. The highest BCUT2D eigenvalue weighted by Crippen LogP contribution is 2.20. The molecule has 2 aromatic rings. The van der Waals surface area contributed by atoms with Crippen LogP contribution in [0.5, 0.6) is 5.75 Å². The average Bonchev–Trinajstić information content (AvgIpc) is 2.75. The van der Waals surface area contributed by atoms with Gasteiger partial charge >= 0.3 is 0 Å². The Hall–Kier alpha value is -3.28. The molecular formula is C23H28N4O2. The molecule has 3 N–H and O–H groups in total. The fourth-order valence-electron chi connectivity index (χ4n) is 3.35. The molecule has 1 heterocycles. The molecule has 1 amide bonds. The number of likely N-dealkylation sites (tertiary alicyclic amines) is 1. The molecule has 0 unspecified atom stereocenters. The second-order valence-corrected chi connectivity index (χ2v) is 7.00. The first-order valence-electron chi connectivity index (χ1n) is 9.84. The maximum atomic E-state index is 10.9. The van der Waals surface area contributed by atoms with Crippen LogP contribution in [0.1, 0.15) is 24.0 Å². The van der Waals surface area contributed by atoms with Crippen LogP contribution in [0, 0.1) is 0 Å². The summed E-state index contributed by atoms with van der Waals surface area (Å²) in [5.74, 6) is 1.04. The van der Waals surface area contributed by atoms with E-state index in [0.29, 0.717) is 12.3 Å². The number of carbonyl (C=O) groups is 1. The molecule has 1 aliphatic rings. The van der Waals surface area contributed by atoms with Crippen LogP contribution in [0.25, 0.3) is 6.08 Å². The fourth-order valence-corrected chi connectivity index (χ4v) is 3.35. The highest BCUT2D eigenvalue weighted by atomic mass is 16.5. The number of benzene rings is 2. The predicted octanol–water partition coefficient (Wildman–Crippen LogP) is 2.81. The molecule has 3 rings (SSSR count).